The van der Waals surface area contributed by atoms with Gasteiger partial charge in [-0.05, 0) is 35.4 Å². The van der Waals surface area contributed by atoms with Crippen molar-refractivity contribution in [1.29, 1.82) is 0 Å². The van der Waals surface area contributed by atoms with Gasteiger partial charge in [0.1, 0.15) is 5.82 Å². The zero-order valence-electron chi connectivity index (χ0n) is 11.8. The zero-order valence-corrected chi connectivity index (χ0v) is 11.8. The first kappa shape index (κ1) is 14.2. The highest BCUT2D eigenvalue weighted by molar-refractivity contribution is 5.92. The summed E-state index contributed by atoms with van der Waals surface area (Å²) in [6.45, 7) is -0.469. The second kappa shape index (κ2) is 5.57. The number of aromatic nitrogens is 2. The van der Waals surface area contributed by atoms with Crippen LogP contribution in [0.3, 0.4) is 0 Å². The van der Waals surface area contributed by atoms with Gasteiger partial charge in [-0.1, -0.05) is 6.07 Å². The van der Waals surface area contributed by atoms with Crippen LogP contribution in [0.1, 0.15) is 15.9 Å². The fraction of sp³-hybridized carbons (Fsp3) is 0.125. The molecule has 0 spiro atoms. The van der Waals surface area contributed by atoms with E-state index in [1.165, 1.54) is 13.2 Å². The Morgan fingerprint density at radius 1 is 1.36 bits per heavy atom. The molecule has 3 rings (SSSR count). The van der Waals surface area contributed by atoms with Crippen molar-refractivity contribution >= 4 is 17.0 Å². The smallest absolute Gasteiger partial charge is 0.337 e. The van der Waals surface area contributed by atoms with E-state index in [1.54, 1.807) is 24.5 Å². The van der Waals surface area contributed by atoms with E-state index in [9.17, 15) is 14.3 Å². The highest BCUT2D eigenvalue weighted by atomic mass is 19.1. The van der Waals surface area contributed by atoms with Crippen LogP contribution in [0.5, 0.6) is 0 Å². The molecule has 0 fully saturated rings. The van der Waals surface area contributed by atoms with Gasteiger partial charge in [-0.3, -0.25) is 0 Å². The van der Waals surface area contributed by atoms with Crippen LogP contribution in [0.2, 0.25) is 0 Å². The number of rotatable bonds is 3. The Balaban J connectivity index is 2.22. The predicted molar refractivity (Wildman–Crippen MR) is 78.8 cm³/mol. The average molecular weight is 300 g/mol. The van der Waals surface area contributed by atoms with Crippen molar-refractivity contribution in [2.75, 3.05) is 7.11 Å². The highest BCUT2D eigenvalue weighted by Gasteiger charge is 2.16. The maximum atomic E-state index is 14.2. The number of imidazole rings is 1. The Morgan fingerprint density at radius 2 is 2.18 bits per heavy atom. The van der Waals surface area contributed by atoms with Crippen LogP contribution in [0, 0.1) is 5.82 Å². The first-order valence-electron chi connectivity index (χ1n) is 6.59. The Morgan fingerprint density at radius 3 is 2.91 bits per heavy atom. The van der Waals surface area contributed by atoms with Crippen molar-refractivity contribution in [3.63, 3.8) is 0 Å². The zero-order chi connectivity index (χ0) is 15.7. The minimum Gasteiger partial charge on any atom is -0.465 e. The predicted octanol–water partition coefficient (Wildman–Crippen LogP) is 2.65. The van der Waals surface area contributed by atoms with Gasteiger partial charge in [0.25, 0.3) is 0 Å². The fourth-order valence-electron chi connectivity index (χ4n) is 2.39. The molecule has 1 heterocycles. The molecular formula is C16H13FN2O3. The molecule has 22 heavy (non-hydrogen) atoms. The van der Waals surface area contributed by atoms with Crippen LogP contribution in [0.25, 0.3) is 22.2 Å². The number of carbonyl (C=O) groups excluding carboxylic acids is 1. The molecule has 0 aliphatic rings. The van der Waals surface area contributed by atoms with Crippen molar-refractivity contribution in [2.45, 2.75) is 6.61 Å². The first-order chi connectivity index (χ1) is 10.6. The third-order valence-electron chi connectivity index (χ3n) is 3.51. The number of aromatic amines is 1. The summed E-state index contributed by atoms with van der Waals surface area (Å²) < 4.78 is 18.8. The minimum absolute atomic E-state index is 0.0944. The second-order valence-electron chi connectivity index (χ2n) is 4.77. The van der Waals surface area contributed by atoms with Crippen molar-refractivity contribution < 1.29 is 19.0 Å². The Kier molecular flexibility index (Phi) is 3.60. The van der Waals surface area contributed by atoms with Gasteiger partial charge in [0, 0.05) is 5.56 Å². The highest BCUT2D eigenvalue weighted by Crippen LogP contribution is 2.29. The van der Waals surface area contributed by atoms with E-state index < -0.39 is 18.4 Å². The molecule has 112 valence electrons. The van der Waals surface area contributed by atoms with Crippen LogP contribution in [0.4, 0.5) is 4.39 Å². The molecule has 0 saturated heterocycles. The maximum absolute atomic E-state index is 14.2. The second-order valence-corrected chi connectivity index (χ2v) is 4.77. The third kappa shape index (κ3) is 2.33. The van der Waals surface area contributed by atoms with Crippen LogP contribution >= 0.6 is 0 Å². The average Bonchev–Trinajstić information content (AvgIpc) is 3.00. The van der Waals surface area contributed by atoms with E-state index in [0.29, 0.717) is 11.1 Å². The molecule has 0 saturated carbocycles. The summed E-state index contributed by atoms with van der Waals surface area (Å²) >= 11 is 0. The SMILES string of the molecule is COC(=O)c1cc(F)c(CO)c(-c2ccc3nc[nH]c3c2)c1. The van der Waals surface area contributed by atoms with Crippen LogP contribution < -0.4 is 0 Å². The summed E-state index contributed by atoms with van der Waals surface area (Å²) in [6, 6.07) is 7.91. The lowest BCUT2D eigenvalue weighted by Gasteiger charge is -2.11. The number of methoxy groups -OCH3 is 1. The number of hydrogen-bond donors (Lipinski definition) is 2. The topological polar surface area (TPSA) is 75.2 Å². The lowest BCUT2D eigenvalue weighted by atomic mass is 9.96. The van der Waals surface area contributed by atoms with Gasteiger partial charge < -0.3 is 14.8 Å². The molecule has 0 unspecified atom stereocenters. The number of esters is 1. The molecule has 2 aromatic carbocycles. The van der Waals surface area contributed by atoms with E-state index in [2.05, 4.69) is 14.7 Å². The maximum Gasteiger partial charge on any atom is 0.337 e. The molecular weight excluding hydrogens is 287 g/mol. The number of carbonyl (C=O) groups is 1. The minimum atomic E-state index is -0.648. The quantitative estimate of drug-likeness (QED) is 0.729. The number of hydrogen-bond acceptors (Lipinski definition) is 4. The largest absolute Gasteiger partial charge is 0.465 e. The molecule has 0 amide bonds. The summed E-state index contributed by atoms with van der Waals surface area (Å²) in [5, 5.41) is 9.44. The standard InChI is InChI=1S/C16H13FN2O3/c1-22-16(21)10-4-11(12(7-20)13(17)5-10)9-2-3-14-15(6-9)19-8-18-14/h2-6,8,20H,7H2,1H3,(H,18,19). The number of nitrogens with one attached hydrogen (secondary N) is 1. The Bertz CT molecular complexity index is 858. The molecule has 0 aliphatic heterocycles. The molecule has 1 aromatic heterocycles. The van der Waals surface area contributed by atoms with Crippen LogP contribution in [-0.4, -0.2) is 28.2 Å². The van der Waals surface area contributed by atoms with Gasteiger partial charge >= 0.3 is 5.97 Å². The first-order valence-corrected chi connectivity index (χ1v) is 6.59. The van der Waals surface area contributed by atoms with Crippen LogP contribution in [0.15, 0.2) is 36.7 Å². The van der Waals surface area contributed by atoms with Gasteiger partial charge in [0.2, 0.25) is 0 Å². The van der Waals surface area contributed by atoms with Gasteiger partial charge in [0.05, 0.1) is 36.6 Å². The third-order valence-corrected chi connectivity index (χ3v) is 3.51. The number of aliphatic hydroxyl groups excluding tert-OH is 1. The van der Waals surface area contributed by atoms with Gasteiger partial charge in [-0.15, -0.1) is 0 Å². The summed E-state index contributed by atoms with van der Waals surface area (Å²) in [5.41, 5.74) is 2.90. The number of nitrogens with zero attached hydrogens (tertiary/aromatic N) is 1. The number of fused-ring (bicyclic) bond motifs is 1. The number of H-pyrrole nitrogens is 1. The van der Waals surface area contributed by atoms with Crippen molar-refractivity contribution in [2.24, 2.45) is 0 Å². The molecule has 0 aliphatic carbocycles. The summed E-state index contributed by atoms with van der Waals surface area (Å²) in [7, 11) is 1.23. The molecule has 0 radical (unpaired) electrons. The number of aliphatic hydroxyl groups is 1. The van der Waals surface area contributed by atoms with Crippen molar-refractivity contribution in [3.8, 4) is 11.1 Å². The normalized spacial score (nSPS) is 10.9. The van der Waals surface area contributed by atoms with E-state index in [-0.39, 0.29) is 11.1 Å². The lowest BCUT2D eigenvalue weighted by Crippen LogP contribution is -2.05. The van der Waals surface area contributed by atoms with Crippen molar-refractivity contribution in [1.82, 2.24) is 9.97 Å². The summed E-state index contributed by atoms with van der Waals surface area (Å²) in [6.07, 6.45) is 1.56. The number of ether oxygens (including phenoxy) is 1. The van der Waals surface area contributed by atoms with E-state index >= 15 is 0 Å². The molecule has 2 N–H and O–H groups in total. The molecule has 0 bridgehead atoms. The van der Waals surface area contributed by atoms with E-state index in [0.717, 1.165) is 17.1 Å². The lowest BCUT2D eigenvalue weighted by molar-refractivity contribution is 0.0600. The molecule has 3 aromatic rings. The monoisotopic (exact) mass is 300 g/mol. The van der Waals surface area contributed by atoms with E-state index in [1.807, 2.05) is 0 Å². The van der Waals surface area contributed by atoms with Crippen molar-refractivity contribution in [3.05, 3.63) is 53.6 Å². The summed E-state index contributed by atoms with van der Waals surface area (Å²) in [4.78, 5) is 18.7. The number of halogens is 1. The van der Waals surface area contributed by atoms with Crippen LogP contribution in [-0.2, 0) is 11.3 Å². The number of benzene rings is 2. The van der Waals surface area contributed by atoms with Gasteiger partial charge in [-0.25, -0.2) is 14.2 Å². The Labute approximate surface area is 125 Å². The molecule has 0 atom stereocenters. The fourth-order valence-corrected chi connectivity index (χ4v) is 2.39. The molecule has 6 heteroatoms. The van der Waals surface area contributed by atoms with Gasteiger partial charge in [0.15, 0.2) is 0 Å². The van der Waals surface area contributed by atoms with E-state index in [4.69, 9.17) is 0 Å². The molecule has 5 nitrogen and oxygen atoms in total. The Hall–Kier alpha value is -2.73. The summed E-state index contributed by atoms with van der Waals surface area (Å²) in [5.74, 6) is -1.28. The van der Waals surface area contributed by atoms with Gasteiger partial charge in [-0.2, -0.15) is 0 Å².